The number of amides is 1. The molecule has 0 saturated heterocycles. The number of nitrogens with zero attached hydrogens (tertiary/aromatic N) is 6. The molecule has 2 aromatic carbocycles. The third-order valence-electron chi connectivity index (χ3n) is 9.47. The van der Waals surface area contributed by atoms with Crippen LogP contribution in [0.5, 0.6) is 5.88 Å². The maximum Gasteiger partial charge on any atom is 0.291 e. The lowest BCUT2D eigenvalue weighted by molar-refractivity contribution is -0.127. The van der Waals surface area contributed by atoms with Crippen molar-refractivity contribution < 1.29 is 18.3 Å². The second-order valence-corrected chi connectivity index (χ2v) is 16.4. The number of sulfonamides is 1. The number of aromatic nitrogens is 1. The van der Waals surface area contributed by atoms with Gasteiger partial charge in [-0.15, -0.1) is 5.11 Å². The van der Waals surface area contributed by atoms with Gasteiger partial charge < -0.3 is 5.11 Å². The van der Waals surface area contributed by atoms with Crippen LogP contribution in [-0.4, -0.2) is 48.6 Å². The third kappa shape index (κ3) is 10.2. The summed E-state index contributed by atoms with van der Waals surface area (Å²) in [6.07, 6.45) is 7.97. The van der Waals surface area contributed by atoms with Gasteiger partial charge in [-0.25, -0.2) is 13.4 Å². The fourth-order valence-electron chi connectivity index (χ4n) is 6.20. The van der Waals surface area contributed by atoms with Crippen LogP contribution < -0.4 is 10.6 Å². The van der Waals surface area contributed by atoms with Gasteiger partial charge in [0.1, 0.15) is 11.6 Å². The molecule has 2 unspecified atom stereocenters. The van der Waals surface area contributed by atoms with Crippen molar-refractivity contribution in [2.24, 2.45) is 27.5 Å². The van der Waals surface area contributed by atoms with Crippen LogP contribution in [0.4, 0.5) is 11.4 Å². The van der Waals surface area contributed by atoms with Gasteiger partial charge in [-0.2, -0.15) is 19.4 Å². The van der Waals surface area contributed by atoms with Crippen LogP contribution in [-0.2, 0) is 14.8 Å². The predicted molar refractivity (Wildman–Crippen MR) is 207 cm³/mol. The quantitative estimate of drug-likeness (QED) is 0.129. The van der Waals surface area contributed by atoms with Gasteiger partial charge in [-0.05, 0) is 54.5 Å². The lowest BCUT2D eigenvalue weighted by Gasteiger charge is -2.30. The van der Waals surface area contributed by atoms with Crippen molar-refractivity contribution >= 4 is 27.3 Å². The molecule has 0 aliphatic carbocycles. The average molecular weight is 733 g/mol. The van der Waals surface area contributed by atoms with Crippen LogP contribution in [0.2, 0.25) is 0 Å². The minimum atomic E-state index is -3.83. The molecular weight excluding hydrogens is 677 g/mol. The Labute approximate surface area is 310 Å². The van der Waals surface area contributed by atoms with Crippen molar-refractivity contribution in [2.45, 2.75) is 105 Å². The van der Waals surface area contributed by atoms with E-state index in [0.717, 1.165) is 61.1 Å². The Morgan fingerprint density at radius 3 is 1.90 bits per heavy atom. The zero-order chi connectivity index (χ0) is 38.6. The van der Waals surface area contributed by atoms with Crippen molar-refractivity contribution in [3.05, 3.63) is 70.5 Å². The highest BCUT2D eigenvalue weighted by atomic mass is 32.2. The Kier molecular flexibility index (Phi) is 15.3. The monoisotopic (exact) mass is 732 g/mol. The minimum absolute atomic E-state index is 0.0548. The molecule has 0 fully saturated rings. The number of hydrogen-bond donors (Lipinski definition) is 1. The zero-order valence-electron chi connectivity index (χ0n) is 32.1. The molecule has 0 aliphatic heterocycles. The maximum atomic E-state index is 14.2. The lowest BCUT2D eigenvalue weighted by Crippen LogP contribution is -2.48. The predicted octanol–water partition coefficient (Wildman–Crippen LogP) is 9.07. The molecule has 0 bridgehead atoms. The van der Waals surface area contributed by atoms with E-state index in [9.17, 15) is 28.4 Å². The number of unbranched alkanes of at least 4 members (excludes halogenated alkanes) is 2. The number of azo groups is 1. The van der Waals surface area contributed by atoms with Gasteiger partial charge in [0.25, 0.3) is 5.56 Å². The fourth-order valence-corrected chi connectivity index (χ4v) is 7.79. The first-order valence-electron chi connectivity index (χ1n) is 18.4. The number of pyridine rings is 1. The standard InChI is InChI=1S/C40H56N6O5S/c1-9-13-18-29(11-3)27-45(28-30(12-4)19-14-10-2)52(50,51)33-24-22-32(23-25-33)42-43-36-35(31-20-16-15-17-21-31)34(26-41)37(47)46(38(36)48)44(8)39(49)40(5,6)7/h15-17,20-25,29-30,48H,9-14,18-19,27-28H2,1-8H3/b43-42+. The summed E-state index contributed by atoms with van der Waals surface area (Å²) < 4.78 is 30.8. The van der Waals surface area contributed by atoms with Gasteiger partial charge in [-0.3, -0.25) is 9.59 Å². The van der Waals surface area contributed by atoms with Crippen molar-refractivity contribution in [3.8, 4) is 23.1 Å². The molecular formula is C40H56N6O5S. The Balaban J connectivity index is 2.11. The normalized spacial score (nSPS) is 13.3. The molecule has 1 aromatic heterocycles. The average Bonchev–Trinajstić information content (AvgIpc) is 3.13. The summed E-state index contributed by atoms with van der Waals surface area (Å²) in [7, 11) is -2.50. The molecule has 0 spiro atoms. The van der Waals surface area contributed by atoms with Crippen LogP contribution in [0, 0.1) is 28.6 Å². The maximum absolute atomic E-state index is 14.2. The van der Waals surface area contributed by atoms with E-state index >= 15 is 0 Å². The van der Waals surface area contributed by atoms with E-state index in [2.05, 4.69) is 37.9 Å². The van der Waals surface area contributed by atoms with Crippen LogP contribution in [0.25, 0.3) is 11.1 Å². The van der Waals surface area contributed by atoms with Crippen LogP contribution in [0.15, 0.2) is 74.5 Å². The molecule has 3 aromatic rings. The van der Waals surface area contributed by atoms with Crippen molar-refractivity contribution in [1.29, 1.82) is 5.26 Å². The lowest BCUT2D eigenvalue weighted by atomic mass is 9.95. The Hall–Kier alpha value is -4.34. The summed E-state index contributed by atoms with van der Waals surface area (Å²) in [6, 6.07) is 16.6. The van der Waals surface area contributed by atoms with Gasteiger partial charge >= 0.3 is 0 Å². The summed E-state index contributed by atoms with van der Waals surface area (Å²) in [4.78, 5) is 27.0. The molecule has 52 heavy (non-hydrogen) atoms. The number of carbonyl (C=O) groups excluding carboxylic acids is 1. The van der Waals surface area contributed by atoms with Crippen molar-refractivity contribution in [1.82, 2.24) is 8.98 Å². The van der Waals surface area contributed by atoms with Gasteiger partial charge in [0.05, 0.1) is 10.6 Å². The van der Waals surface area contributed by atoms with E-state index in [1.807, 2.05) is 6.07 Å². The third-order valence-corrected chi connectivity index (χ3v) is 11.3. The van der Waals surface area contributed by atoms with E-state index < -0.39 is 32.8 Å². The van der Waals surface area contributed by atoms with Crippen LogP contribution in [0.3, 0.4) is 0 Å². The first kappa shape index (κ1) is 42.1. The molecule has 0 saturated carbocycles. The summed E-state index contributed by atoms with van der Waals surface area (Å²) in [6.45, 7) is 14.5. The summed E-state index contributed by atoms with van der Waals surface area (Å²) in [5, 5.41) is 31.3. The van der Waals surface area contributed by atoms with E-state index in [1.54, 1.807) is 55.4 Å². The number of rotatable bonds is 18. The van der Waals surface area contributed by atoms with E-state index in [0.29, 0.717) is 18.7 Å². The highest BCUT2D eigenvalue weighted by molar-refractivity contribution is 7.89. The number of hydrogen-bond acceptors (Lipinski definition) is 8. The molecule has 11 nitrogen and oxygen atoms in total. The largest absolute Gasteiger partial charge is 0.492 e. The number of benzene rings is 2. The highest BCUT2D eigenvalue weighted by Gasteiger charge is 2.32. The Bertz CT molecular complexity index is 1860. The first-order valence-corrected chi connectivity index (χ1v) is 19.9. The van der Waals surface area contributed by atoms with Crippen LogP contribution >= 0.6 is 0 Å². The zero-order valence-corrected chi connectivity index (χ0v) is 32.9. The first-order chi connectivity index (χ1) is 24.7. The van der Waals surface area contributed by atoms with Gasteiger partial charge in [0, 0.05) is 31.1 Å². The molecule has 282 valence electrons. The molecule has 1 N–H and O–H groups in total. The topological polar surface area (TPSA) is 148 Å². The van der Waals surface area contributed by atoms with Crippen molar-refractivity contribution in [3.63, 3.8) is 0 Å². The summed E-state index contributed by atoms with van der Waals surface area (Å²) in [5.41, 5.74) is -1.56. The molecule has 0 aliphatic rings. The van der Waals surface area contributed by atoms with Gasteiger partial charge in [0.15, 0.2) is 5.69 Å². The van der Waals surface area contributed by atoms with Crippen LogP contribution in [0.1, 0.15) is 105 Å². The minimum Gasteiger partial charge on any atom is -0.492 e. The van der Waals surface area contributed by atoms with E-state index in [4.69, 9.17) is 0 Å². The fraction of sp³-hybridized carbons (Fsp3) is 0.525. The molecule has 12 heteroatoms. The van der Waals surface area contributed by atoms with E-state index in [1.165, 1.54) is 31.3 Å². The molecule has 3 rings (SSSR count). The smallest absolute Gasteiger partial charge is 0.291 e. The van der Waals surface area contributed by atoms with Crippen molar-refractivity contribution in [2.75, 3.05) is 25.1 Å². The number of aromatic hydroxyl groups is 1. The second-order valence-electron chi connectivity index (χ2n) is 14.4. The molecule has 1 heterocycles. The number of nitriles is 1. The molecule has 2 atom stereocenters. The molecule has 0 radical (unpaired) electrons. The van der Waals surface area contributed by atoms with E-state index in [-0.39, 0.29) is 39.2 Å². The summed E-state index contributed by atoms with van der Waals surface area (Å²) in [5.74, 6) is -0.639. The Morgan fingerprint density at radius 1 is 0.904 bits per heavy atom. The van der Waals surface area contributed by atoms with Gasteiger partial charge in [-0.1, -0.05) is 117 Å². The number of carbonyl (C=O) groups is 1. The molecule has 1 amide bonds. The highest BCUT2D eigenvalue weighted by Crippen LogP contribution is 2.40. The summed E-state index contributed by atoms with van der Waals surface area (Å²) >= 11 is 0. The Morgan fingerprint density at radius 2 is 1.44 bits per heavy atom. The SMILES string of the molecule is CCCCC(CC)CN(CC(CC)CCCC)S(=O)(=O)c1ccc(/N=N/c2c(-c3ccccc3)c(C#N)c(=O)n(N(C)C(=O)C(C)(C)C)c2O)cc1. The van der Waals surface area contributed by atoms with Gasteiger partial charge in [0.2, 0.25) is 21.8 Å². The second kappa shape index (κ2) is 18.9.